The van der Waals surface area contributed by atoms with Gasteiger partial charge < -0.3 is 10.2 Å². The van der Waals surface area contributed by atoms with Crippen molar-refractivity contribution in [3.05, 3.63) is 41.1 Å². The van der Waals surface area contributed by atoms with Gasteiger partial charge in [0.15, 0.2) is 0 Å². The highest BCUT2D eigenvalue weighted by atomic mass is 32.2. The topological polar surface area (TPSA) is 121 Å². The van der Waals surface area contributed by atoms with Crippen LogP contribution in [0.15, 0.2) is 35.4 Å². The van der Waals surface area contributed by atoms with Gasteiger partial charge in [0.25, 0.3) is 5.91 Å². The maximum absolute atomic E-state index is 12.7. The van der Waals surface area contributed by atoms with Crippen LogP contribution in [0.5, 0.6) is 0 Å². The molecule has 3 rings (SSSR count). The minimum absolute atomic E-state index is 0.0674. The number of fused-ring (bicyclic) bond motifs is 1. The van der Waals surface area contributed by atoms with Gasteiger partial charge >= 0.3 is 11.9 Å². The molecule has 0 aliphatic carbocycles. The van der Waals surface area contributed by atoms with Crippen LogP contribution in [0, 0.1) is 0 Å². The molecule has 1 saturated heterocycles. The lowest BCUT2D eigenvalue weighted by Gasteiger charge is -2.22. The van der Waals surface area contributed by atoms with E-state index in [4.69, 9.17) is 17.3 Å². The second kappa shape index (κ2) is 7.80. The predicted molar refractivity (Wildman–Crippen MR) is 103 cm³/mol. The summed E-state index contributed by atoms with van der Waals surface area (Å²) in [6.07, 6.45) is 2.38. The second-order valence-electron chi connectivity index (χ2n) is 5.62. The zero-order valence-electron chi connectivity index (χ0n) is 13.7. The smallest absolute Gasteiger partial charge is 0.326 e. The predicted octanol–water partition coefficient (Wildman–Crippen LogP) is 2.15. The van der Waals surface area contributed by atoms with Crippen molar-refractivity contribution in [2.75, 3.05) is 0 Å². The quantitative estimate of drug-likeness (QED) is 0.552. The molecule has 2 N–H and O–H groups in total. The first-order chi connectivity index (χ1) is 12.9. The molecule has 1 amide bonds. The standard InChI is InChI=1S/C17H13N3O5S2/c21-14(22)6-5-12(16(24)25)20-15(23)13(27-17(20)26)7-9-8-18-10-3-1-2-4-11(10)19-9/h1-4,7-8,12H,5-6H2,(H,21,22)(H,24,25)/b13-7-/t12-/m0/s1. The average Bonchev–Trinajstić information content (AvgIpc) is 2.89. The van der Waals surface area contributed by atoms with Crippen molar-refractivity contribution in [2.45, 2.75) is 18.9 Å². The van der Waals surface area contributed by atoms with E-state index in [2.05, 4.69) is 9.97 Å². The van der Waals surface area contributed by atoms with Crippen molar-refractivity contribution in [3.8, 4) is 0 Å². The number of carboxylic acid groups (broad SMARTS) is 2. The number of carboxylic acids is 2. The van der Waals surface area contributed by atoms with E-state index < -0.39 is 23.9 Å². The second-order valence-corrected chi connectivity index (χ2v) is 7.30. The van der Waals surface area contributed by atoms with Crippen molar-refractivity contribution in [1.82, 2.24) is 14.9 Å². The lowest BCUT2D eigenvalue weighted by Crippen LogP contribution is -2.44. The molecule has 1 aliphatic heterocycles. The third kappa shape index (κ3) is 4.12. The number of amides is 1. The van der Waals surface area contributed by atoms with Gasteiger partial charge in [-0.05, 0) is 24.6 Å². The molecule has 0 spiro atoms. The van der Waals surface area contributed by atoms with E-state index in [1.54, 1.807) is 6.07 Å². The maximum Gasteiger partial charge on any atom is 0.326 e. The third-order valence-corrected chi connectivity index (χ3v) is 5.13. The zero-order valence-corrected chi connectivity index (χ0v) is 15.4. The van der Waals surface area contributed by atoms with E-state index >= 15 is 0 Å². The number of hydrogen-bond donors (Lipinski definition) is 2. The number of carbonyl (C=O) groups excluding carboxylic acids is 1. The Bertz CT molecular complexity index is 991. The molecule has 0 saturated carbocycles. The highest BCUT2D eigenvalue weighted by Crippen LogP contribution is 2.34. The summed E-state index contributed by atoms with van der Waals surface area (Å²) in [6, 6.07) is 5.93. The van der Waals surface area contributed by atoms with Gasteiger partial charge in [-0.3, -0.25) is 19.5 Å². The van der Waals surface area contributed by atoms with Crippen molar-refractivity contribution < 1.29 is 24.6 Å². The number of thiocarbonyl (C=S) groups is 1. The van der Waals surface area contributed by atoms with E-state index in [0.717, 1.165) is 16.7 Å². The van der Waals surface area contributed by atoms with Crippen LogP contribution < -0.4 is 0 Å². The van der Waals surface area contributed by atoms with Crippen LogP contribution in [0.1, 0.15) is 18.5 Å². The Morgan fingerprint density at radius 3 is 2.63 bits per heavy atom. The van der Waals surface area contributed by atoms with Crippen molar-refractivity contribution >= 4 is 63.3 Å². The Hall–Kier alpha value is -2.85. The fraction of sp³-hybridized carbons (Fsp3) is 0.176. The number of aromatic nitrogens is 2. The molecule has 1 aliphatic rings. The Balaban J connectivity index is 1.88. The summed E-state index contributed by atoms with van der Waals surface area (Å²) in [5.74, 6) is -3.04. The first kappa shape index (κ1) is 18.9. The van der Waals surface area contributed by atoms with Crippen LogP contribution in [0.25, 0.3) is 17.1 Å². The summed E-state index contributed by atoms with van der Waals surface area (Å²) >= 11 is 6.10. The minimum atomic E-state index is -1.33. The van der Waals surface area contributed by atoms with Crippen LogP contribution in [-0.4, -0.2) is 53.3 Å². The van der Waals surface area contributed by atoms with Crippen molar-refractivity contribution in [1.29, 1.82) is 0 Å². The van der Waals surface area contributed by atoms with Gasteiger partial charge in [0.05, 0.1) is 27.8 Å². The van der Waals surface area contributed by atoms with E-state index in [0.29, 0.717) is 16.7 Å². The Morgan fingerprint density at radius 2 is 1.96 bits per heavy atom. The van der Waals surface area contributed by atoms with E-state index in [1.165, 1.54) is 12.3 Å². The molecule has 0 bridgehead atoms. The number of nitrogens with zero attached hydrogens (tertiary/aromatic N) is 3. The van der Waals surface area contributed by atoms with Crippen LogP contribution in [0.3, 0.4) is 0 Å². The van der Waals surface area contributed by atoms with Gasteiger partial charge in [-0.25, -0.2) is 9.78 Å². The number of thioether (sulfide) groups is 1. The molecule has 27 heavy (non-hydrogen) atoms. The van der Waals surface area contributed by atoms with Gasteiger partial charge in [-0.1, -0.05) is 36.1 Å². The summed E-state index contributed by atoms with van der Waals surface area (Å²) in [5, 5.41) is 18.2. The molecule has 10 heteroatoms. The molecule has 0 radical (unpaired) electrons. The summed E-state index contributed by atoms with van der Waals surface area (Å²) in [6.45, 7) is 0. The fourth-order valence-electron chi connectivity index (χ4n) is 2.55. The molecular weight excluding hydrogens is 390 g/mol. The number of benzene rings is 1. The monoisotopic (exact) mass is 403 g/mol. The zero-order chi connectivity index (χ0) is 19.6. The number of carbonyl (C=O) groups is 3. The van der Waals surface area contributed by atoms with Crippen LogP contribution in [-0.2, 0) is 14.4 Å². The summed E-state index contributed by atoms with van der Waals surface area (Å²) in [7, 11) is 0. The molecule has 8 nitrogen and oxygen atoms in total. The summed E-state index contributed by atoms with van der Waals surface area (Å²) in [5.41, 5.74) is 1.81. The fourth-order valence-corrected chi connectivity index (χ4v) is 3.89. The summed E-state index contributed by atoms with van der Waals surface area (Å²) < 4.78 is 0.0674. The average molecular weight is 403 g/mol. The molecule has 2 aromatic rings. The van der Waals surface area contributed by atoms with Crippen molar-refractivity contribution in [3.63, 3.8) is 0 Å². The number of para-hydroxylation sites is 2. The molecule has 138 valence electrons. The molecular formula is C17H13N3O5S2. The van der Waals surface area contributed by atoms with Crippen LogP contribution in [0.4, 0.5) is 0 Å². The highest BCUT2D eigenvalue weighted by Gasteiger charge is 2.40. The number of hydrogen-bond acceptors (Lipinski definition) is 7. The Kier molecular flexibility index (Phi) is 5.47. The Labute approximate surface area is 162 Å². The number of rotatable bonds is 6. The normalized spacial score (nSPS) is 16.9. The first-order valence-corrected chi connectivity index (χ1v) is 9.02. The molecule has 2 heterocycles. The number of aliphatic carboxylic acids is 2. The van der Waals surface area contributed by atoms with Gasteiger partial charge in [0.1, 0.15) is 10.4 Å². The lowest BCUT2D eigenvalue weighted by molar-refractivity contribution is -0.146. The van der Waals surface area contributed by atoms with Gasteiger partial charge in [0.2, 0.25) is 0 Å². The molecule has 1 fully saturated rings. The van der Waals surface area contributed by atoms with E-state index in [-0.39, 0.29) is 22.1 Å². The summed E-state index contributed by atoms with van der Waals surface area (Å²) in [4.78, 5) is 44.8. The van der Waals surface area contributed by atoms with E-state index in [1.807, 2.05) is 18.2 Å². The van der Waals surface area contributed by atoms with Gasteiger partial charge in [-0.2, -0.15) is 0 Å². The van der Waals surface area contributed by atoms with Crippen LogP contribution in [0.2, 0.25) is 0 Å². The third-order valence-electron chi connectivity index (χ3n) is 3.80. The Morgan fingerprint density at radius 1 is 1.26 bits per heavy atom. The van der Waals surface area contributed by atoms with Gasteiger partial charge in [0, 0.05) is 6.42 Å². The van der Waals surface area contributed by atoms with E-state index in [9.17, 15) is 19.5 Å². The lowest BCUT2D eigenvalue weighted by atomic mass is 10.1. The highest BCUT2D eigenvalue weighted by molar-refractivity contribution is 8.26. The maximum atomic E-state index is 12.7. The molecule has 1 atom stereocenters. The molecule has 0 unspecified atom stereocenters. The van der Waals surface area contributed by atoms with Crippen molar-refractivity contribution in [2.24, 2.45) is 0 Å². The SMILES string of the molecule is O=C(O)CC[C@@H](C(=O)O)N1C(=O)/C(=C/c2cnc3ccccc3n2)SC1=S. The molecule has 1 aromatic carbocycles. The van der Waals surface area contributed by atoms with Gasteiger partial charge in [-0.15, -0.1) is 0 Å². The first-order valence-electron chi connectivity index (χ1n) is 7.80. The largest absolute Gasteiger partial charge is 0.481 e. The molecule has 1 aromatic heterocycles. The minimum Gasteiger partial charge on any atom is -0.481 e. The van der Waals surface area contributed by atoms with Crippen LogP contribution >= 0.6 is 24.0 Å².